The van der Waals surface area contributed by atoms with Crippen LogP contribution in [0.2, 0.25) is 0 Å². The van der Waals surface area contributed by atoms with Crippen molar-refractivity contribution in [3.8, 4) is 11.5 Å². The fourth-order valence-electron chi connectivity index (χ4n) is 4.41. The molecule has 0 spiro atoms. The van der Waals surface area contributed by atoms with Gasteiger partial charge in [0.05, 0.1) is 36.1 Å². The highest BCUT2D eigenvalue weighted by atomic mass is 32.1. The highest BCUT2D eigenvalue weighted by Crippen LogP contribution is 2.45. The number of hydrogen-bond donors (Lipinski definition) is 1. The van der Waals surface area contributed by atoms with Crippen molar-refractivity contribution in [3.05, 3.63) is 88.7 Å². The minimum Gasteiger partial charge on any atom is -0.507 e. The number of aryl methyl sites for hydroxylation is 1. The fourth-order valence-corrected chi connectivity index (χ4v) is 5.47. The van der Waals surface area contributed by atoms with Gasteiger partial charge in [-0.15, -0.1) is 0 Å². The van der Waals surface area contributed by atoms with Crippen LogP contribution >= 0.6 is 11.3 Å². The lowest BCUT2D eigenvalue weighted by Crippen LogP contribution is -2.29. The van der Waals surface area contributed by atoms with Crippen LogP contribution in [0.3, 0.4) is 0 Å². The third kappa shape index (κ3) is 4.21. The number of ketones is 1. The third-order valence-corrected chi connectivity index (χ3v) is 7.36. The van der Waals surface area contributed by atoms with E-state index in [-0.39, 0.29) is 11.1 Å². The van der Waals surface area contributed by atoms with Gasteiger partial charge in [-0.3, -0.25) is 14.5 Å². The predicted molar refractivity (Wildman–Crippen MR) is 140 cm³/mol. The largest absolute Gasteiger partial charge is 0.507 e. The number of halogens is 1. The first-order chi connectivity index (χ1) is 17.9. The van der Waals surface area contributed by atoms with E-state index in [0.29, 0.717) is 27.7 Å². The molecule has 1 atom stereocenters. The van der Waals surface area contributed by atoms with Crippen LogP contribution in [0.15, 0.2) is 66.2 Å². The van der Waals surface area contributed by atoms with E-state index in [1.807, 2.05) is 25.1 Å². The molecular formula is C28H23FN2O5S. The SMILES string of the molecule is CCc1ccc2nc(N3C(=O)C(=O)C(=C(O)c4ccc(F)cc4)[C@H]3c3ccc(OC)c(OC)c3)sc2c1. The summed E-state index contributed by atoms with van der Waals surface area (Å²) in [5.41, 5.74) is 2.41. The molecule has 9 heteroatoms. The molecule has 1 N–H and O–H groups in total. The van der Waals surface area contributed by atoms with E-state index in [4.69, 9.17) is 9.47 Å². The van der Waals surface area contributed by atoms with Crippen LogP contribution in [-0.4, -0.2) is 36.0 Å². The van der Waals surface area contributed by atoms with Gasteiger partial charge >= 0.3 is 5.91 Å². The second kappa shape index (κ2) is 9.67. The monoisotopic (exact) mass is 518 g/mol. The summed E-state index contributed by atoms with van der Waals surface area (Å²) in [4.78, 5) is 32.8. The molecule has 1 saturated heterocycles. The van der Waals surface area contributed by atoms with E-state index in [9.17, 15) is 19.1 Å². The van der Waals surface area contributed by atoms with Crippen LogP contribution in [0.25, 0.3) is 16.0 Å². The van der Waals surface area contributed by atoms with Gasteiger partial charge in [-0.05, 0) is 66.1 Å². The maximum absolute atomic E-state index is 13.5. The first-order valence-corrected chi connectivity index (χ1v) is 12.4. The molecule has 37 heavy (non-hydrogen) atoms. The molecule has 0 aliphatic carbocycles. The Bertz CT molecular complexity index is 1560. The number of aliphatic hydroxyl groups excluding tert-OH is 1. The number of rotatable bonds is 6. The summed E-state index contributed by atoms with van der Waals surface area (Å²) in [6.45, 7) is 2.05. The lowest BCUT2D eigenvalue weighted by Gasteiger charge is -2.23. The fraction of sp³-hybridized carbons (Fsp3) is 0.179. The van der Waals surface area contributed by atoms with Crippen molar-refractivity contribution in [1.29, 1.82) is 0 Å². The highest BCUT2D eigenvalue weighted by molar-refractivity contribution is 7.22. The number of methoxy groups -OCH3 is 2. The van der Waals surface area contributed by atoms with Gasteiger partial charge in [0.25, 0.3) is 5.78 Å². The van der Waals surface area contributed by atoms with E-state index in [1.165, 1.54) is 54.7 Å². The van der Waals surface area contributed by atoms with Crippen molar-refractivity contribution >= 4 is 44.1 Å². The number of benzene rings is 3. The number of aliphatic hydroxyl groups is 1. The smallest absolute Gasteiger partial charge is 0.301 e. The van der Waals surface area contributed by atoms with Gasteiger partial charge in [0.2, 0.25) is 0 Å². The number of fused-ring (bicyclic) bond motifs is 1. The van der Waals surface area contributed by atoms with E-state index in [1.54, 1.807) is 18.2 Å². The standard InChI is InChI=1S/C28H23FN2O5S/c1-4-15-5-11-19-22(13-15)37-28(30-19)31-24(17-8-12-20(35-2)21(14-17)36-3)23(26(33)27(31)34)25(32)16-6-9-18(29)10-7-16/h5-14,24,32H,4H2,1-3H3/t24-/m1/s1. The number of hydrogen-bond acceptors (Lipinski definition) is 7. The molecule has 3 aromatic carbocycles. The number of thiazole rings is 1. The second-order valence-electron chi connectivity index (χ2n) is 8.44. The molecule has 2 heterocycles. The molecule has 7 nitrogen and oxygen atoms in total. The zero-order chi connectivity index (χ0) is 26.3. The number of anilines is 1. The number of carbonyl (C=O) groups excluding carboxylic acids is 2. The van der Waals surface area contributed by atoms with E-state index >= 15 is 0 Å². The van der Waals surface area contributed by atoms with Crippen LogP contribution in [0.5, 0.6) is 11.5 Å². The van der Waals surface area contributed by atoms with Crippen LogP contribution in [-0.2, 0) is 16.0 Å². The van der Waals surface area contributed by atoms with Crippen molar-refractivity contribution < 1.29 is 28.6 Å². The summed E-state index contributed by atoms with van der Waals surface area (Å²) in [7, 11) is 2.99. The van der Waals surface area contributed by atoms with E-state index in [0.717, 1.165) is 16.7 Å². The molecule has 1 aliphatic heterocycles. The van der Waals surface area contributed by atoms with E-state index in [2.05, 4.69) is 4.98 Å². The van der Waals surface area contributed by atoms with Gasteiger partial charge in [0.15, 0.2) is 16.6 Å². The molecule has 0 unspecified atom stereocenters. The highest BCUT2D eigenvalue weighted by Gasteiger charge is 2.48. The van der Waals surface area contributed by atoms with Gasteiger partial charge in [0.1, 0.15) is 11.6 Å². The van der Waals surface area contributed by atoms with Crippen LogP contribution in [0.4, 0.5) is 9.52 Å². The van der Waals surface area contributed by atoms with Gasteiger partial charge in [-0.25, -0.2) is 9.37 Å². The van der Waals surface area contributed by atoms with Gasteiger partial charge < -0.3 is 14.6 Å². The Balaban J connectivity index is 1.73. The molecular weight excluding hydrogens is 495 g/mol. The molecule has 4 aromatic rings. The van der Waals surface area contributed by atoms with Crippen LogP contribution in [0.1, 0.15) is 29.7 Å². The number of Topliss-reactive ketones (excluding diaryl/α,β-unsaturated/α-hetero) is 1. The van der Waals surface area contributed by atoms with E-state index < -0.39 is 29.3 Å². The van der Waals surface area contributed by atoms with Crippen molar-refractivity contribution in [2.24, 2.45) is 0 Å². The lowest BCUT2D eigenvalue weighted by molar-refractivity contribution is -0.132. The summed E-state index contributed by atoms with van der Waals surface area (Å²) >= 11 is 1.29. The minimum absolute atomic E-state index is 0.127. The third-order valence-electron chi connectivity index (χ3n) is 6.34. The quantitative estimate of drug-likeness (QED) is 0.202. The summed E-state index contributed by atoms with van der Waals surface area (Å²) in [6.07, 6.45) is 0.844. The predicted octanol–water partition coefficient (Wildman–Crippen LogP) is 5.64. The normalized spacial score (nSPS) is 17.0. The van der Waals surface area contributed by atoms with Gasteiger partial charge in [0, 0.05) is 5.56 Å². The molecule has 188 valence electrons. The van der Waals surface area contributed by atoms with Crippen LogP contribution < -0.4 is 14.4 Å². The number of nitrogens with zero attached hydrogens (tertiary/aromatic N) is 2. The number of amides is 1. The van der Waals surface area contributed by atoms with Crippen LogP contribution in [0, 0.1) is 5.82 Å². The van der Waals surface area contributed by atoms with Crippen molar-refractivity contribution in [2.75, 3.05) is 19.1 Å². The second-order valence-corrected chi connectivity index (χ2v) is 9.45. The molecule has 1 fully saturated rings. The first kappa shape index (κ1) is 24.5. The Hall–Kier alpha value is -4.24. The number of ether oxygens (including phenoxy) is 2. The Morgan fingerprint density at radius 3 is 2.43 bits per heavy atom. The zero-order valence-electron chi connectivity index (χ0n) is 20.3. The maximum Gasteiger partial charge on any atom is 0.301 e. The summed E-state index contributed by atoms with van der Waals surface area (Å²) in [5, 5.41) is 11.5. The zero-order valence-corrected chi connectivity index (χ0v) is 21.1. The minimum atomic E-state index is -1.00. The molecule has 5 rings (SSSR count). The number of carbonyl (C=O) groups is 2. The molecule has 0 saturated carbocycles. The van der Waals surface area contributed by atoms with Gasteiger partial charge in [-0.2, -0.15) is 0 Å². The maximum atomic E-state index is 13.5. The van der Waals surface area contributed by atoms with Gasteiger partial charge in [-0.1, -0.05) is 30.4 Å². The molecule has 1 aromatic heterocycles. The number of aromatic nitrogens is 1. The Labute approximate surface area is 216 Å². The molecule has 1 amide bonds. The summed E-state index contributed by atoms with van der Waals surface area (Å²) < 4.78 is 25.2. The lowest BCUT2D eigenvalue weighted by atomic mass is 9.95. The molecule has 0 radical (unpaired) electrons. The average Bonchev–Trinajstić information content (AvgIpc) is 3.45. The first-order valence-electron chi connectivity index (χ1n) is 11.5. The summed E-state index contributed by atoms with van der Waals surface area (Å²) in [5.74, 6) is -1.73. The topological polar surface area (TPSA) is 89.0 Å². The summed E-state index contributed by atoms with van der Waals surface area (Å²) in [6, 6.07) is 14.9. The van der Waals surface area contributed by atoms with Crippen molar-refractivity contribution in [3.63, 3.8) is 0 Å². The van der Waals surface area contributed by atoms with Crippen molar-refractivity contribution in [2.45, 2.75) is 19.4 Å². The Kier molecular flexibility index (Phi) is 6.39. The Morgan fingerprint density at radius 1 is 1.03 bits per heavy atom. The van der Waals surface area contributed by atoms with Crippen molar-refractivity contribution in [1.82, 2.24) is 4.98 Å². The Morgan fingerprint density at radius 2 is 1.76 bits per heavy atom. The average molecular weight is 519 g/mol. The molecule has 1 aliphatic rings. The molecule has 0 bridgehead atoms.